The minimum absolute atomic E-state index is 0.0536. The third-order valence-electron chi connectivity index (χ3n) is 6.09. The molecule has 174 valence electrons. The van der Waals surface area contributed by atoms with E-state index in [1.807, 2.05) is 53.4 Å². The fourth-order valence-corrected chi connectivity index (χ4v) is 4.18. The van der Waals surface area contributed by atoms with Gasteiger partial charge in [0.1, 0.15) is 18.4 Å². The molecule has 0 unspecified atom stereocenters. The van der Waals surface area contributed by atoms with Crippen LogP contribution in [0.1, 0.15) is 17.2 Å². The molecule has 2 heterocycles. The number of benzene rings is 2. The summed E-state index contributed by atoms with van der Waals surface area (Å²) in [6.45, 7) is 3.26. The number of carbonyl (C=O) groups excluding carboxylic acids is 1. The van der Waals surface area contributed by atoms with E-state index in [4.69, 9.17) is 4.74 Å². The SMILES string of the molecule is CN(C)C(=O)CN1CCN([C@H](C(=O)O)c2c[nH]c3ccc(OCc4ccccc4)cc23)CC1. The fraction of sp³-hybridized carbons (Fsp3) is 0.360. The van der Waals surface area contributed by atoms with E-state index in [1.54, 1.807) is 25.2 Å². The summed E-state index contributed by atoms with van der Waals surface area (Å²) in [6, 6.07) is 14.9. The van der Waals surface area contributed by atoms with Crippen LogP contribution in [0.25, 0.3) is 10.9 Å². The van der Waals surface area contributed by atoms with Gasteiger partial charge in [-0.1, -0.05) is 30.3 Å². The van der Waals surface area contributed by atoms with Crippen molar-refractivity contribution in [1.82, 2.24) is 19.7 Å². The van der Waals surface area contributed by atoms with Gasteiger partial charge in [0, 0.05) is 62.9 Å². The lowest BCUT2D eigenvalue weighted by molar-refractivity contribution is -0.145. The van der Waals surface area contributed by atoms with Gasteiger partial charge < -0.3 is 19.7 Å². The number of hydrogen-bond donors (Lipinski definition) is 2. The van der Waals surface area contributed by atoms with Crippen LogP contribution in [0, 0.1) is 0 Å². The van der Waals surface area contributed by atoms with E-state index in [9.17, 15) is 14.7 Å². The standard InChI is InChI=1S/C25H30N4O4/c1-27(2)23(30)16-28-10-12-29(13-11-28)24(25(31)32)21-15-26-22-9-8-19(14-20(21)22)33-17-18-6-4-3-5-7-18/h3-9,14-15,24,26H,10-13,16-17H2,1-2H3,(H,31,32)/t24-/m0/s1. The number of nitrogens with zero attached hydrogens (tertiary/aromatic N) is 3. The number of likely N-dealkylation sites (N-methyl/N-ethyl adjacent to an activating group) is 1. The van der Waals surface area contributed by atoms with Gasteiger partial charge in [-0.3, -0.25) is 19.4 Å². The van der Waals surface area contributed by atoms with Crippen LogP contribution in [0.5, 0.6) is 5.75 Å². The molecule has 1 saturated heterocycles. The van der Waals surface area contributed by atoms with Crippen LogP contribution >= 0.6 is 0 Å². The number of aromatic nitrogens is 1. The zero-order valence-electron chi connectivity index (χ0n) is 19.0. The molecule has 1 aromatic heterocycles. The molecule has 8 heteroatoms. The first-order chi connectivity index (χ1) is 15.9. The number of hydrogen-bond acceptors (Lipinski definition) is 5. The van der Waals surface area contributed by atoms with Gasteiger partial charge in [-0.25, -0.2) is 0 Å². The summed E-state index contributed by atoms with van der Waals surface area (Å²) in [5.41, 5.74) is 2.67. The largest absolute Gasteiger partial charge is 0.489 e. The summed E-state index contributed by atoms with van der Waals surface area (Å²) < 4.78 is 5.96. The Morgan fingerprint density at radius 2 is 1.82 bits per heavy atom. The van der Waals surface area contributed by atoms with Crippen LogP contribution in [-0.2, 0) is 16.2 Å². The maximum absolute atomic E-state index is 12.3. The van der Waals surface area contributed by atoms with Crippen LogP contribution in [0.15, 0.2) is 54.7 Å². The van der Waals surface area contributed by atoms with Crippen molar-refractivity contribution in [2.75, 3.05) is 46.8 Å². The van der Waals surface area contributed by atoms with Gasteiger partial charge in [-0.15, -0.1) is 0 Å². The first kappa shape index (κ1) is 22.8. The normalized spacial score (nSPS) is 15.9. The number of ether oxygens (including phenoxy) is 1. The highest BCUT2D eigenvalue weighted by atomic mass is 16.5. The Morgan fingerprint density at radius 3 is 2.48 bits per heavy atom. The molecule has 1 fully saturated rings. The van der Waals surface area contributed by atoms with Crippen LogP contribution in [-0.4, -0.2) is 83.5 Å². The fourth-order valence-electron chi connectivity index (χ4n) is 4.18. The summed E-state index contributed by atoms with van der Waals surface area (Å²) in [7, 11) is 3.49. The second-order valence-electron chi connectivity index (χ2n) is 8.57. The van der Waals surface area contributed by atoms with Gasteiger partial charge >= 0.3 is 5.97 Å². The number of fused-ring (bicyclic) bond motifs is 1. The molecule has 2 aromatic carbocycles. The van der Waals surface area contributed by atoms with Crippen molar-refractivity contribution in [1.29, 1.82) is 0 Å². The van der Waals surface area contributed by atoms with Crippen molar-refractivity contribution in [3.63, 3.8) is 0 Å². The molecule has 0 bridgehead atoms. The lowest BCUT2D eigenvalue weighted by Crippen LogP contribution is -2.51. The molecule has 0 radical (unpaired) electrons. The summed E-state index contributed by atoms with van der Waals surface area (Å²) in [6.07, 6.45) is 1.78. The van der Waals surface area contributed by atoms with Gasteiger partial charge in [0.15, 0.2) is 0 Å². The molecule has 8 nitrogen and oxygen atoms in total. The summed E-state index contributed by atoms with van der Waals surface area (Å²) in [5, 5.41) is 10.9. The highest BCUT2D eigenvalue weighted by Crippen LogP contribution is 2.32. The van der Waals surface area contributed by atoms with Crippen LogP contribution in [0.3, 0.4) is 0 Å². The number of amides is 1. The molecule has 4 rings (SSSR count). The number of aromatic amines is 1. The van der Waals surface area contributed by atoms with Crippen molar-refractivity contribution in [3.8, 4) is 5.75 Å². The smallest absolute Gasteiger partial charge is 0.325 e. The van der Waals surface area contributed by atoms with E-state index < -0.39 is 12.0 Å². The zero-order valence-corrected chi connectivity index (χ0v) is 19.0. The lowest BCUT2D eigenvalue weighted by atomic mass is 10.0. The van der Waals surface area contributed by atoms with Crippen molar-refractivity contribution in [2.45, 2.75) is 12.6 Å². The number of rotatable bonds is 8. The average molecular weight is 451 g/mol. The van der Waals surface area contributed by atoms with E-state index in [1.165, 1.54) is 0 Å². The van der Waals surface area contributed by atoms with Gasteiger partial charge in [0.25, 0.3) is 0 Å². The van der Waals surface area contributed by atoms with Crippen LogP contribution in [0.2, 0.25) is 0 Å². The topological polar surface area (TPSA) is 89.1 Å². The average Bonchev–Trinajstić information content (AvgIpc) is 3.22. The maximum atomic E-state index is 12.3. The maximum Gasteiger partial charge on any atom is 0.325 e. The molecule has 1 atom stereocenters. The Morgan fingerprint density at radius 1 is 1.09 bits per heavy atom. The Bertz CT molecular complexity index is 1100. The molecule has 2 N–H and O–H groups in total. The molecule has 1 aliphatic heterocycles. The first-order valence-corrected chi connectivity index (χ1v) is 11.1. The Balaban J connectivity index is 1.49. The molecular weight excluding hydrogens is 420 g/mol. The number of carboxylic acids is 1. The predicted octanol–water partition coefficient (Wildman–Crippen LogP) is 2.58. The second kappa shape index (κ2) is 10.1. The predicted molar refractivity (Wildman–Crippen MR) is 126 cm³/mol. The van der Waals surface area contributed by atoms with Gasteiger partial charge in [-0.2, -0.15) is 0 Å². The highest BCUT2D eigenvalue weighted by molar-refractivity contribution is 5.90. The van der Waals surface area contributed by atoms with Gasteiger partial charge in [0.2, 0.25) is 5.91 Å². The van der Waals surface area contributed by atoms with Crippen molar-refractivity contribution < 1.29 is 19.4 Å². The van der Waals surface area contributed by atoms with Crippen LogP contribution in [0.4, 0.5) is 0 Å². The third kappa shape index (κ3) is 5.35. The van der Waals surface area contributed by atoms with Crippen molar-refractivity contribution >= 4 is 22.8 Å². The number of aliphatic carboxylic acids is 1. The number of carbonyl (C=O) groups is 2. The highest BCUT2D eigenvalue weighted by Gasteiger charge is 2.32. The number of piperazine rings is 1. The minimum Gasteiger partial charge on any atom is -0.489 e. The number of nitrogens with one attached hydrogen (secondary N) is 1. The number of carboxylic acid groups (broad SMARTS) is 1. The van der Waals surface area contributed by atoms with E-state index in [0.717, 1.165) is 22.0 Å². The summed E-state index contributed by atoms with van der Waals surface area (Å²) >= 11 is 0. The zero-order chi connectivity index (χ0) is 23.4. The molecular formula is C25H30N4O4. The Hall–Kier alpha value is -3.36. The molecule has 0 aliphatic carbocycles. The molecule has 3 aromatic rings. The quantitative estimate of drug-likeness (QED) is 0.548. The molecule has 33 heavy (non-hydrogen) atoms. The van der Waals surface area contributed by atoms with Crippen molar-refractivity contribution in [3.05, 3.63) is 65.9 Å². The molecule has 0 saturated carbocycles. The Kier molecular flexibility index (Phi) is 6.96. The molecule has 1 aliphatic rings. The monoisotopic (exact) mass is 450 g/mol. The van der Waals surface area contributed by atoms with E-state index in [-0.39, 0.29) is 5.91 Å². The van der Waals surface area contributed by atoms with Gasteiger partial charge in [-0.05, 0) is 23.8 Å². The lowest BCUT2D eigenvalue weighted by Gasteiger charge is -2.37. The second-order valence-corrected chi connectivity index (χ2v) is 8.57. The summed E-state index contributed by atoms with van der Waals surface area (Å²) in [5.74, 6) is -0.134. The molecule has 0 spiro atoms. The minimum atomic E-state index is -0.885. The number of H-pyrrole nitrogens is 1. The van der Waals surface area contributed by atoms with E-state index in [0.29, 0.717) is 45.1 Å². The first-order valence-electron chi connectivity index (χ1n) is 11.1. The van der Waals surface area contributed by atoms with Gasteiger partial charge in [0.05, 0.1) is 6.54 Å². The molecule has 1 amide bonds. The van der Waals surface area contributed by atoms with Crippen LogP contribution < -0.4 is 4.74 Å². The van der Waals surface area contributed by atoms with E-state index in [2.05, 4.69) is 9.88 Å². The Labute approximate surface area is 193 Å². The van der Waals surface area contributed by atoms with Crippen molar-refractivity contribution in [2.24, 2.45) is 0 Å². The van der Waals surface area contributed by atoms with E-state index >= 15 is 0 Å². The summed E-state index contributed by atoms with van der Waals surface area (Å²) in [4.78, 5) is 33.2. The third-order valence-corrected chi connectivity index (χ3v) is 6.09.